The van der Waals surface area contributed by atoms with Crippen LogP contribution in [0, 0.1) is 0 Å². The lowest BCUT2D eigenvalue weighted by molar-refractivity contribution is -0.122. The zero-order chi connectivity index (χ0) is 20.5. The van der Waals surface area contributed by atoms with Gasteiger partial charge >= 0.3 is 6.09 Å². The largest absolute Gasteiger partial charge is 0.445 e. The maximum absolute atomic E-state index is 11.9. The lowest BCUT2D eigenvalue weighted by Gasteiger charge is -2.12. The molecular weight excluding hydrogens is 354 g/mol. The summed E-state index contributed by atoms with van der Waals surface area (Å²) in [6.07, 6.45) is 8.94. The third kappa shape index (κ3) is 12.3. The van der Waals surface area contributed by atoms with Crippen LogP contribution in [-0.4, -0.2) is 31.1 Å². The molecule has 0 saturated carbocycles. The number of ether oxygens (including phenoxy) is 1. The van der Waals surface area contributed by atoms with Gasteiger partial charge in [0.25, 0.3) is 0 Å². The molecule has 1 rings (SSSR count). The lowest BCUT2D eigenvalue weighted by atomic mass is 10.1. The Balaban J connectivity index is 1.96. The van der Waals surface area contributed by atoms with Crippen LogP contribution in [0.2, 0.25) is 0 Å². The van der Waals surface area contributed by atoms with E-state index in [1.165, 1.54) is 25.7 Å². The highest BCUT2D eigenvalue weighted by atomic mass is 16.5. The molecule has 28 heavy (non-hydrogen) atoms. The Morgan fingerprint density at radius 2 is 1.57 bits per heavy atom. The highest BCUT2D eigenvalue weighted by Gasteiger charge is 2.12. The maximum atomic E-state index is 11.9. The van der Waals surface area contributed by atoms with Crippen molar-refractivity contribution in [2.45, 2.75) is 77.4 Å². The van der Waals surface area contributed by atoms with Gasteiger partial charge in [-0.05, 0) is 31.2 Å². The number of amides is 2. The van der Waals surface area contributed by atoms with E-state index in [9.17, 15) is 9.59 Å². The second-order valence-corrected chi connectivity index (χ2v) is 7.15. The molecule has 4 N–H and O–H groups in total. The summed E-state index contributed by atoms with van der Waals surface area (Å²) in [6.45, 7) is 3.68. The van der Waals surface area contributed by atoms with Crippen LogP contribution in [0.3, 0.4) is 0 Å². The van der Waals surface area contributed by atoms with Crippen molar-refractivity contribution in [3.05, 3.63) is 35.9 Å². The smallest absolute Gasteiger partial charge is 0.407 e. The Labute approximate surface area is 169 Å². The first kappa shape index (κ1) is 24.0. The number of rotatable bonds is 15. The summed E-state index contributed by atoms with van der Waals surface area (Å²) in [4.78, 5) is 23.6. The van der Waals surface area contributed by atoms with Crippen LogP contribution >= 0.6 is 0 Å². The Morgan fingerprint density at radius 3 is 2.32 bits per heavy atom. The fraction of sp³-hybridized carbons (Fsp3) is 0.636. The number of carbonyl (C=O) groups is 2. The van der Waals surface area contributed by atoms with E-state index < -0.39 is 12.1 Å². The van der Waals surface area contributed by atoms with Crippen molar-refractivity contribution < 1.29 is 14.3 Å². The first-order valence-corrected chi connectivity index (χ1v) is 10.6. The van der Waals surface area contributed by atoms with Gasteiger partial charge in [0.05, 0.1) is 6.04 Å². The molecule has 1 atom stereocenters. The lowest BCUT2D eigenvalue weighted by Crippen LogP contribution is -2.41. The molecule has 1 aromatic carbocycles. The molecule has 0 aromatic heterocycles. The van der Waals surface area contributed by atoms with Crippen molar-refractivity contribution in [1.82, 2.24) is 10.6 Å². The minimum Gasteiger partial charge on any atom is -0.445 e. The molecule has 0 aliphatic rings. The van der Waals surface area contributed by atoms with Gasteiger partial charge in [0.2, 0.25) is 5.91 Å². The van der Waals surface area contributed by atoms with E-state index in [2.05, 4.69) is 17.6 Å². The Morgan fingerprint density at radius 1 is 0.929 bits per heavy atom. The topological polar surface area (TPSA) is 93.5 Å². The average molecular weight is 392 g/mol. The third-order valence-corrected chi connectivity index (χ3v) is 4.59. The molecular formula is C22H37N3O3. The third-order valence-electron chi connectivity index (χ3n) is 4.59. The number of nitrogens with one attached hydrogen (secondary N) is 2. The standard InChI is InChI=1S/C22H37N3O3/c1-2-3-4-5-6-11-16-24-21(26)20(23)15-10-12-17-25-22(27)28-18-19-13-8-7-9-14-19/h7-9,13-14,20H,2-6,10-12,15-18,23H2,1H3,(H,24,26)(H,25,27). The van der Waals surface area contributed by atoms with E-state index in [1.807, 2.05) is 30.3 Å². The monoisotopic (exact) mass is 391 g/mol. The summed E-state index contributed by atoms with van der Waals surface area (Å²) >= 11 is 0. The molecule has 158 valence electrons. The second-order valence-electron chi connectivity index (χ2n) is 7.15. The first-order valence-electron chi connectivity index (χ1n) is 10.6. The molecule has 0 heterocycles. The van der Waals surface area contributed by atoms with Crippen molar-refractivity contribution in [1.29, 1.82) is 0 Å². The molecule has 0 aliphatic carbocycles. The van der Waals surface area contributed by atoms with Crippen LogP contribution < -0.4 is 16.4 Å². The molecule has 0 fully saturated rings. The van der Waals surface area contributed by atoms with Gasteiger partial charge in [-0.2, -0.15) is 0 Å². The Bertz CT molecular complexity index is 537. The van der Waals surface area contributed by atoms with Crippen LogP contribution in [0.1, 0.15) is 70.3 Å². The van der Waals surface area contributed by atoms with Crippen molar-refractivity contribution >= 4 is 12.0 Å². The maximum Gasteiger partial charge on any atom is 0.407 e. The molecule has 0 bridgehead atoms. The van der Waals surface area contributed by atoms with Gasteiger partial charge < -0.3 is 21.1 Å². The number of nitrogens with two attached hydrogens (primary N) is 1. The minimum absolute atomic E-state index is 0.0798. The zero-order valence-electron chi connectivity index (χ0n) is 17.3. The molecule has 0 aliphatic heterocycles. The predicted molar refractivity (Wildman–Crippen MR) is 113 cm³/mol. The Kier molecular flexibility index (Phi) is 13.6. The van der Waals surface area contributed by atoms with Crippen LogP contribution in [0.4, 0.5) is 4.79 Å². The van der Waals surface area contributed by atoms with Crippen LogP contribution in [0.15, 0.2) is 30.3 Å². The number of carbonyl (C=O) groups excluding carboxylic acids is 2. The highest BCUT2D eigenvalue weighted by Crippen LogP contribution is 2.05. The fourth-order valence-electron chi connectivity index (χ4n) is 2.83. The summed E-state index contributed by atoms with van der Waals surface area (Å²) in [6, 6.07) is 9.07. The highest BCUT2D eigenvalue weighted by molar-refractivity contribution is 5.81. The number of hydrogen-bond acceptors (Lipinski definition) is 4. The molecule has 6 heteroatoms. The molecule has 0 spiro atoms. The normalized spacial score (nSPS) is 11.6. The summed E-state index contributed by atoms with van der Waals surface area (Å²) in [7, 11) is 0. The van der Waals surface area contributed by atoms with E-state index in [1.54, 1.807) is 0 Å². The number of benzene rings is 1. The number of alkyl carbamates (subject to hydrolysis) is 1. The van der Waals surface area contributed by atoms with Gasteiger partial charge in [-0.1, -0.05) is 69.4 Å². The number of unbranched alkanes of at least 4 members (excludes halogenated alkanes) is 6. The first-order chi connectivity index (χ1) is 13.6. The van der Waals surface area contributed by atoms with Gasteiger partial charge in [0, 0.05) is 13.1 Å². The van der Waals surface area contributed by atoms with Gasteiger partial charge in [0.15, 0.2) is 0 Å². The zero-order valence-corrected chi connectivity index (χ0v) is 17.3. The van der Waals surface area contributed by atoms with E-state index in [0.29, 0.717) is 19.5 Å². The summed E-state index contributed by atoms with van der Waals surface area (Å²) < 4.78 is 5.14. The van der Waals surface area contributed by atoms with E-state index in [4.69, 9.17) is 10.5 Å². The van der Waals surface area contributed by atoms with Crippen LogP contribution in [-0.2, 0) is 16.1 Å². The predicted octanol–water partition coefficient (Wildman–Crippen LogP) is 3.89. The Hall–Kier alpha value is -2.08. The van der Waals surface area contributed by atoms with Gasteiger partial charge in [-0.3, -0.25) is 4.79 Å². The molecule has 2 amide bonds. The summed E-state index contributed by atoms with van der Waals surface area (Å²) in [5, 5.41) is 5.63. The second kappa shape index (κ2) is 15.9. The number of hydrogen-bond donors (Lipinski definition) is 3. The molecule has 6 nitrogen and oxygen atoms in total. The molecule has 0 saturated heterocycles. The molecule has 0 radical (unpaired) electrons. The van der Waals surface area contributed by atoms with Gasteiger partial charge in [-0.25, -0.2) is 4.79 Å². The molecule has 1 unspecified atom stereocenters. The van der Waals surface area contributed by atoms with Crippen molar-refractivity contribution in [3.63, 3.8) is 0 Å². The fourth-order valence-corrected chi connectivity index (χ4v) is 2.83. The average Bonchev–Trinajstić information content (AvgIpc) is 2.71. The van der Waals surface area contributed by atoms with Crippen LogP contribution in [0.25, 0.3) is 0 Å². The van der Waals surface area contributed by atoms with E-state index in [-0.39, 0.29) is 12.5 Å². The van der Waals surface area contributed by atoms with E-state index >= 15 is 0 Å². The van der Waals surface area contributed by atoms with Crippen molar-refractivity contribution in [3.8, 4) is 0 Å². The summed E-state index contributed by atoms with van der Waals surface area (Å²) in [5.74, 6) is -0.0798. The van der Waals surface area contributed by atoms with E-state index in [0.717, 1.165) is 31.2 Å². The quantitative estimate of drug-likeness (QED) is 0.395. The van der Waals surface area contributed by atoms with Crippen molar-refractivity contribution in [2.24, 2.45) is 5.73 Å². The minimum atomic E-state index is -0.481. The SMILES string of the molecule is CCCCCCCCNC(=O)C(N)CCCCNC(=O)OCc1ccccc1. The van der Waals surface area contributed by atoms with Crippen LogP contribution in [0.5, 0.6) is 0 Å². The summed E-state index contributed by atoms with van der Waals surface area (Å²) in [5.41, 5.74) is 6.88. The van der Waals surface area contributed by atoms with Gasteiger partial charge in [0.1, 0.15) is 6.61 Å². The van der Waals surface area contributed by atoms with Gasteiger partial charge in [-0.15, -0.1) is 0 Å². The van der Waals surface area contributed by atoms with Crippen molar-refractivity contribution in [2.75, 3.05) is 13.1 Å². The molecule has 1 aromatic rings.